The number of halogens is 1. The zero-order valence-electron chi connectivity index (χ0n) is 13.7. The van der Waals surface area contributed by atoms with Crippen LogP contribution in [0.25, 0.3) is 11.0 Å². The number of nitrogens with one attached hydrogen (secondary N) is 2. The Kier molecular flexibility index (Phi) is 4.14. The molecule has 1 aromatic carbocycles. The summed E-state index contributed by atoms with van der Waals surface area (Å²) < 4.78 is 1.78. The van der Waals surface area contributed by atoms with Gasteiger partial charge in [0.05, 0.1) is 29.8 Å². The third-order valence-electron chi connectivity index (χ3n) is 4.39. The summed E-state index contributed by atoms with van der Waals surface area (Å²) in [4.78, 5) is 22.1. The number of aromatic amines is 1. The third-order valence-corrected chi connectivity index (χ3v) is 4.63. The minimum Gasteiger partial charge on any atom is -0.343 e. The van der Waals surface area contributed by atoms with E-state index in [9.17, 15) is 4.79 Å². The number of aromatic nitrogens is 5. The Morgan fingerprint density at radius 3 is 3.16 bits per heavy atom. The van der Waals surface area contributed by atoms with E-state index in [-0.39, 0.29) is 18.5 Å². The maximum absolute atomic E-state index is 12.3. The van der Waals surface area contributed by atoms with Gasteiger partial charge in [0.15, 0.2) is 5.69 Å². The number of hydrogen-bond acceptors (Lipinski definition) is 5. The molecule has 1 aliphatic rings. The fraction of sp³-hybridized carbons (Fsp3) is 0.375. The second kappa shape index (κ2) is 6.45. The molecular weight excluding hydrogens is 342 g/mol. The summed E-state index contributed by atoms with van der Waals surface area (Å²) in [5.74, 6) is 0.395. The molecule has 0 aliphatic carbocycles. The van der Waals surface area contributed by atoms with Crippen molar-refractivity contribution in [2.24, 2.45) is 0 Å². The zero-order chi connectivity index (χ0) is 17.4. The number of rotatable bonds is 4. The van der Waals surface area contributed by atoms with Crippen molar-refractivity contribution in [2.45, 2.75) is 19.0 Å². The van der Waals surface area contributed by atoms with E-state index in [1.807, 2.05) is 6.07 Å². The molecule has 0 bridgehead atoms. The molecule has 4 rings (SSSR count). The van der Waals surface area contributed by atoms with Gasteiger partial charge in [-0.2, -0.15) is 0 Å². The molecule has 9 heteroatoms. The van der Waals surface area contributed by atoms with Crippen LogP contribution < -0.4 is 5.32 Å². The predicted molar refractivity (Wildman–Crippen MR) is 93.4 cm³/mol. The summed E-state index contributed by atoms with van der Waals surface area (Å²) in [6.45, 7) is 2.23. The monoisotopic (exact) mass is 359 g/mol. The Morgan fingerprint density at radius 2 is 2.36 bits per heavy atom. The normalized spacial score (nSPS) is 18.1. The van der Waals surface area contributed by atoms with E-state index in [1.54, 1.807) is 23.0 Å². The molecule has 1 fully saturated rings. The number of carbonyl (C=O) groups excluding carboxylic acids is 1. The SMILES string of the molecule is CN1CCC(n2cc(C(=O)NCc3nc4ccc(Cl)cc4[nH]3)nn2)C1. The van der Waals surface area contributed by atoms with Crippen LogP contribution in [0.3, 0.4) is 0 Å². The number of amides is 1. The van der Waals surface area contributed by atoms with E-state index in [0.717, 1.165) is 30.5 Å². The highest BCUT2D eigenvalue weighted by atomic mass is 35.5. The van der Waals surface area contributed by atoms with Crippen molar-refractivity contribution in [3.63, 3.8) is 0 Å². The molecule has 0 saturated carbocycles. The van der Waals surface area contributed by atoms with Crippen molar-refractivity contribution in [2.75, 3.05) is 20.1 Å². The molecule has 2 aromatic heterocycles. The first kappa shape index (κ1) is 16.0. The summed E-state index contributed by atoms with van der Waals surface area (Å²) in [7, 11) is 2.07. The van der Waals surface area contributed by atoms with Gasteiger partial charge in [-0.1, -0.05) is 16.8 Å². The van der Waals surface area contributed by atoms with Gasteiger partial charge in [-0.3, -0.25) is 4.79 Å². The number of benzene rings is 1. The fourth-order valence-electron chi connectivity index (χ4n) is 3.06. The van der Waals surface area contributed by atoms with Crippen LogP contribution in [0.15, 0.2) is 24.4 Å². The second-order valence-corrected chi connectivity index (χ2v) is 6.75. The molecule has 1 atom stereocenters. The maximum atomic E-state index is 12.3. The highest BCUT2D eigenvalue weighted by molar-refractivity contribution is 6.31. The highest BCUT2D eigenvalue weighted by Crippen LogP contribution is 2.19. The number of H-pyrrole nitrogens is 1. The molecular formula is C16H18ClN7O. The van der Waals surface area contributed by atoms with Gasteiger partial charge in [-0.05, 0) is 38.2 Å². The summed E-state index contributed by atoms with van der Waals surface area (Å²) in [5, 5.41) is 11.5. The number of likely N-dealkylation sites (tertiary alicyclic amines) is 1. The van der Waals surface area contributed by atoms with Gasteiger partial charge in [0.25, 0.3) is 5.91 Å². The molecule has 1 amide bonds. The number of hydrogen-bond donors (Lipinski definition) is 2. The number of likely N-dealkylation sites (N-methyl/N-ethyl adjacent to an activating group) is 1. The molecule has 0 spiro atoms. The summed E-state index contributed by atoms with van der Waals surface area (Å²) in [5.41, 5.74) is 1.96. The third kappa shape index (κ3) is 3.35. The summed E-state index contributed by atoms with van der Waals surface area (Å²) in [6.07, 6.45) is 2.72. The van der Waals surface area contributed by atoms with Crippen LogP contribution in [-0.4, -0.2) is 55.9 Å². The molecule has 8 nitrogen and oxygen atoms in total. The summed E-state index contributed by atoms with van der Waals surface area (Å²) >= 11 is 5.96. The van der Waals surface area contributed by atoms with E-state index in [0.29, 0.717) is 16.5 Å². The Bertz CT molecular complexity index is 918. The Balaban J connectivity index is 1.40. The Morgan fingerprint density at radius 1 is 1.48 bits per heavy atom. The average Bonchev–Trinajstić information content (AvgIpc) is 3.30. The molecule has 1 aliphatic heterocycles. The van der Waals surface area contributed by atoms with Crippen molar-refractivity contribution >= 4 is 28.5 Å². The standard InChI is InChI=1S/C16H18ClN7O/c1-23-5-4-11(8-23)24-9-14(21-22-24)16(25)18-7-15-19-12-3-2-10(17)6-13(12)20-15/h2-3,6,9,11H,4-5,7-8H2,1H3,(H,18,25)(H,19,20). The van der Waals surface area contributed by atoms with Crippen molar-refractivity contribution in [1.82, 2.24) is 35.2 Å². The molecule has 2 N–H and O–H groups in total. The minimum absolute atomic E-state index is 0.268. The predicted octanol–water partition coefficient (Wildman–Crippen LogP) is 1.61. The smallest absolute Gasteiger partial charge is 0.273 e. The Hall–Kier alpha value is -2.45. The molecule has 3 heterocycles. The van der Waals surface area contributed by atoms with Gasteiger partial charge in [-0.25, -0.2) is 9.67 Å². The quantitative estimate of drug-likeness (QED) is 0.738. The molecule has 1 saturated heterocycles. The van der Waals surface area contributed by atoms with E-state index >= 15 is 0 Å². The summed E-state index contributed by atoms with van der Waals surface area (Å²) in [6, 6.07) is 5.70. The van der Waals surface area contributed by atoms with Crippen molar-refractivity contribution in [1.29, 1.82) is 0 Å². The van der Waals surface area contributed by atoms with Gasteiger partial charge in [-0.15, -0.1) is 5.10 Å². The molecule has 3 aromatic rings. The largest absolute Gasteiger partial charge is 0.343 e. The van der Waals surface area contributed by atoms with Crippen LogP contribution >= 0.6 is 11.6 Å². The number of nitrogens with zero attached hydrogens (tertiary/aromatic N) is 5. The van der Waals surface area contributed by atoms with Crippen molar-refractivity contribution in [3.8, 4) is 0 Å². The van der Waals surface area contributed by atoms with Crippen molar-refractivity contribution in [3.05, 3.63) is 40.9 Å². The first-order valence-corrected chi connectivity index (χ1v) is 8.49. The number of fused-ring (bicyclic) bond motifs is 1. The van der Waals surface area contributed by atoms with Crippen LogP contribution in [0.1, 0.15) is 28.8 Å². The Labute approximate surface area is 149 Å². The van der Waals surface area contributed by atoms with Gasteiger partial charge in [0, 0.05) is 11.6 Å². The second-order valence-electron chi connectivity index (χ2n) is 6.32. The van der Waals surface area contributed by atoms with Gasteiger partial charge >= 0.3 is 0 Å². The van der Waals surface area contributed by atoms with E-state index in [2.05, 4.69) is 37.5 Å². The molecule has 25 heavy (non-hydrogen) atoms. The minimum atomic E-state index is -0.268. The van der Waals surface area contributed by atoms with Crippen LogP contribution in [0, 0.1) is 0 Å². The average molecular weight is 360 g/mol. The van der Waals surface area contributed by atoms with Gasteiger partial charge < -0.3 is 15.2 Å². The van der Waals surface area contributed by atoms with Gasteiger partial charge in [0.1, 0.15) is 5.82 Å². The first-order valence-electron chi connectivity index (χ1n) is 8.11. The van der Waals surface area contributed by atoms with E-state index in [1.165, 1.54) is 0 Å². The molecule has 1 unspecified atom stereocenters. The zero-order valence-corrected chi connectivity index (χ0v) is 14.5. The van der Waals surface area contributed by atoms with Gasteiger partial charge in [0.2, 0.25) is 0 Å². The fourth-order valence-corrected chi connectivity index (χ4v) is 3.23. The topological polar surface area (TPSA) is 91.7 Å². The lowest BCUT2D eigenvalue weighted by atomic mass is 10.3. The lowest BCUT2D eigenvalue weighted by Crippen LogP contribution is -2.23. The van der Waals surface area contributed by atoms with Crippen LogP contribution in [-0.2, 0) is 6.54 Å². The highest BCUT2D eigenvalue weighted by Gasteiger charge is 2.23. The van der Waals surface area contributed by atoms with E-state index in [4.69, 9.17) is 11.6 Å². The lowest BCUT2D eigenvalue weighted by molar-refractivity contribution is 0.0945. The molecule has 0 radical (unpaired) electrons. The first-order chi connectivity index (χ1) is 12.1. The van der Waals surface area contributed by atoms with Crippen LogP contribution in [0.4, 0.5) is 0 Å². The van der Waals surface area contributed by atoms with Crippen LogP contribution in [0.5, 0.6) is 0 Å². The maximum Gasteiger partial charge on any atom is 0.273 e. The van der Waals surface area contributed by atoms with Crippen LogP contribution in [0.2, 0.25) is 5.02 Å². The van der Waals surface area contributed by atoms with E-state index < -0.39 is 0 Å². The molecule has 130 valence electrons. The number of imidazole rings is 1. The lowest BCUT2D eigenvalue weighted by Gasteiger charge is -2.09. The van der Waals surface area contributed by atoms with Crippen molar-refractivity contribution < 1.29 is 4.79 Å². The number of carbonyl (C=O) groups is 1.